The minimum Gasteiger partial charge on any atom is -0.484 e. The number of hydrogen-bond donors (Lipinski definition) is 1. The third-order valence-electron chi connectivity index (χ3n) is 3.85. The van der Waals surface area contributed by atoms with Gasteiger partial charge in [-0.05, 0) is 37.8 Å². The average Bonchev–Trinajstić information content (AvgIpc) is 2.46. The SMILES string of the molecule is Cc1ccc(OCC(=O)N2CCC(C)CC2C(=O)O)cc1. The molecule has 5 heteroatoms. The maximum atomic E-state index is 12.2. The first kappa shape index (κ1) is 15.4. The van der Waals surface area contributed by atoms with Crippen molar-refractivity contribution >= 4 is 11.9 Å². The number of aliphatic carboxylic acids is 1. The van der Waals surface area contributed by atoms with Crippen LogP contribution in [-0.4, -0.2) is 41.1 Å². The molecule has 2 rings (SSSR count). The fourth-order valence-electron chi connectivity index (χ4n) is 2.54. The van der Waals surface area contributed by atoms with Gasteiger partial charge in [-0.2, -0.15) is 0 Å². The first-order valence-corrected chi connectivity index (χ1v) is 7.19. The van der Waals surface area contributed by atoms with Crippen LogP contribution in [0.5, 0.6) is 5.75 Å². The van der Waals surface area contributed by atoms with Gasteiger partial charge in [-0.1, -0.05) is 24.6 Å². The summed E-state index contributed by atoms with van der Waals surface area (Å²) in [6.07, 6.45) is 1.34. The molecule has 0 bridgehead atoms. The summed E-state index contributed by atoms with van der Waals surface area (Å²) in [5.74, 6) is -0.264. The Kier molecular flexibility index (Phi) is 4.83. The number of carboxylic acids is 1. The van der Waals surface area contributed by atoms with Gasteiger partial charge in [0.2, 0.25) is 0 Å². The van der Waals surface area contributed by atoms with Gasteiger partial charge < -0.3 is 14.7 Å². The number of aryl methyl sites for hydroxylation is 1. The molecule has 1 N–H and O–H groups in total. The van der Waals surface area contributed by atoms with Crippen LogP contribution in [0.3, 0.4) is 0 Å². The third-order valence-corrected chi connectivity index (χ3v) is 3.85. The molecule has 2 unspecified atom stereocenters. The molecule has 1 amide bonds. The number of piperidine rings is 1. The molecular formula is C16H21NO4. The molecule has 0 spiro atoms. The van der Waals surface area contributed by atoms with Crippen LogP contribution >= 0.6 is 0 Å². The number of nitrogens with zero attached hydrogens (tertiary/aromatic N) is 1. The smallest absolute Gasteiger partial charge is 0.326 e. The zero-order valence-electron chi connectivity index (χ0n) is 12.4. The lowest BCUT2D eigenvalue weighted by Crippen LogP contribution is -2.51. The van der Waals surface area contributed by atoms with E-state index in [1.807, 2.05) is 26.0 Å². The topological polar surface area (TPSA) is 66.8 Å². The summed E-state index contributed by atoms with van der Waals surface area (Å²) >= 11 is 0. The van der Waals surface area contributed by atoms with Crippen molar-refractivity contribution in [1.82, 2.24) is 4.90 Å². The van der Waals surface area contributed by atoms with Gasteiger partial charge in [-0.15, -0.1) is 0 Å². The summed E-state index contributed by atoms with van der Waals surface area (Å²) in [4.78, 5) is 24.9. The monoisotopic (exact) mass is 291 g/mol. The van der Waals surface area contributed by atoms with Crippen LogP contribution in [0.1, 0.15) is 25.3 Å². The molecule has 0 saturated carbocycles. The van der Waals surface area contributed by atoms with Gasteiger partial charge in [-0.25, -0.2) is 4.79 Å². The van der Waals surface area contributed by atoms with Crippen molar-refractivity contribution < 1.29 is 19.4 Å². The quantitative estimate of drug-likeness (QED) is 0.922. The van der Waals surface area contributed by atoms with E-state index in [9.17, 15) is 14.7 Å². The number of carboxylic acid groups (broad SMARTS) is 1. The molecule has 2 atom stereocenters. The molecule has 0 aromatic heterocycles. The van der Waals surface area contributed by atoms with Gasteiger partial charge in [0.25, 0.3) is 5.91 Å². The van der Waals surface area contributed by atoms with E-state index in [1.165, 1.54) is 4.90 Å². The Balaban J connectivity index is 1.95. The van der Waals surface area contributed by atoms with Crippen LogP contribution in [0.2, 0.25) is 0 Å². The maximum Gasteiger partial charge on any atom is 0.326 e. The molecule has 0 aliphatic carbocycles. The Bertz CT molecular complexity index is 512. The summed E-state index contributed by atoms with van der Waals surface area (Å²) in [7, 11) is 0. The second kappa shape index (κ2) is 6.61. The lowest BCUT2D eigenvalue weighted by molar-refractivity contribution is -0.153. The van der Waals surface area contributed by atoms with Crippen molar-refractivity contribution in [2.24, 2.45) is 5.92 Å². The minimum atomic E-state index is -0.940. The van der Waals surface area contributed by atoms with Crippen LogP contribution in [0.25, 0.3) is 0 Å². The molecule has 1 aliphatic heterocycles. The second-order valence-corrected chi connectivity index (χ2v) is 5.67. The van der Waals surface area contributed by atoms with Gasteiger partial charge in [-0.3, -0.25) is 4.79 Å². The molecule has 1 aromatic carbocycles. The van der Waals surface area contributed by atoms with Crippen LogP contribution in [-0.2, 0) is 9.59 Å². The molecule has 21 heavy (non-hydrogen) atoms. The van der Waals surface area contributed by atoms with Crippen molar-refractivity contribution in [2.75, 3.05) is 13.2 Å². The molecule has 1 heterocycles. The van der Waals surface area contributed by atoms with Crippen molar-refractivity contribution in [2.45, 2.75) is 32.7 Å². The fourth-order valence-corrected chi connectivity index (χ4v) is 2.54. The van der Waals surface area contributed by atoms with Gasteiger partial charge >= 0.3 is 5.97 Å². The van der Waals surface area contributed by atoms with E-state index in [-0.39, 0.29) is 12.5 Å². The van der Waals surface area contributed by atoms with Crippen LogP contribution in [0.4, 0.5) is 0 Å². The number of carbonyl (C=O) groups excluding carboxylic acids is 1. The van der Waals surface area contributed by atoms with Gasteiger partial charge in [0.15, 0.2) is 6.61 Å². The standard InChI is InChI=1S/C16H21NO4/c1-11-3-5-13(6-4-11)21-10-15(18)17-8-7-12(2)9-14(17)16(19)20/h3-6,12,14H,7-10H2,1-2H3,(H,19,20). The highest BCUT2D eigenvalue weighted by molar-refractivity contribution is 5.84. The van der Waals surface area contributed by atoms with E-state index < -0.39 is 12.0 Å². The number of likely N-dealkylation sites (tertiary alicyclic amines) is 1. The normalized spacial score (nSPS) is 21.9. The number of benzene rings is 1. The number of hydrogen-bond acceptors (Lipinski definition) is 3. The number of rotatable bonds is 4. The zero-order valence-corrected chi connectivity index (χ0v) is 12.4. The summed E-state index contributed by atoms with van der Waals surface area (Å²) in [6, 6.07) is 6.68. The van der Waals surface area contributed by atoms with Gasteiger partial charge in [0.1, 0.15) is 11.8 Å². The van der Waals surface area contributed by atoms with Gasteiger partial charge in [0, 0.05) is 6.54 Å². The zero-order chi connectivity index (χ0) is 15.4. The average molecular weight is 291 g/mol. The Morgan fingerprint density at radius 3 is 2.62 bits per heavy atom. The van der Waals surface area contributed by atoms with E-state index in [4.69, 9.17) is 4.74 Å². The maximum absolute atomic E-state index is 12.2. The van der Waals surface area contributed by atoms with E-state index in [0.29, 0.717) is 24.6 Å². The molecule has 114 valence electrons. The van der Waals surface area contributed by atoms with Crippen molar-refractivity contribution in [3.05, 3.63) is 29.8 Å². The highest BCUT2D eigenvalue weighted by Crippen LogP contribution is 2.23. The van der Waals surface area contributed by atoms with Crippen molar-refractivity contribution in [1.29, 1.82) is 0 Å². The molecule has 0 radical (unpaired) electrons. The van der Waals surface area contributed by atoms with Crippen LogP contribution in [0, 0.1) is 12.8 Å². The second-order valence-electron chi connectivity index (χ2n) is 5.67. The van der Waals surface area contributed by atoms with E-state index in [2.05, 4.69) is 0 Å². The lowest BCUT2D eigenvalue weighted by Gasteiger charge is -2.35. The largest absolute Gasteiger partial charge is 0.484 e. The highest BCUT2D eigenvalue weighted by atomic mass is 16.5. The lowest BCUT2D eigenvalue weighted by atomic mass is 9.92. The van der Waals surface area contributed by atoms with E-state index >= 15 is 0 Å². The molecule has 1 aliphatic rings. The Hall–Kier alpha value is -2.04. The summed E-state index contributed by atoms with van der Waals surface area (Å²) < 4.78 is 5.45. The first-order chi connectivity index (χ1) is 9.97. The Labute approximate surface area is 124 Å². The van der Waals surface area contributed by atoms with Crippen molar-refractivity contribution in [3.63, 3.8) is 0 Å². The summed E-state index contributed by atoms with van der Waals surface area (Å²) in [6.45, 7) is 4.34. The first-order valence-electron chi connectivity index (χ1n) is 7.19. The van der Waals surface area contributed by atoms with Gasteiger partial charge in [0.05, 0.1) is 0 Å². The summed E-state index contributed by atoms with van der Waals surface area (Å²) in [5, 5.41) is 9.26. The number of ether oxygens (including phenoxy) is 1. The number of amides is 1. The van der Waals surface area contributed by atoms with E-state index in [0.717, 1.165) is 12.0 Å². The van der Waals surface area contributed by atoms with Crippen LogP contribution < -0.4 is 4.74 Å². The van der Waals surface area contributed by atoms with E-state index in [1.54, 1.807) is 12.1 Å². The predicted molar refractivity (Wildman–Crippen MR) is 78.2 cm³/mol. The minimum absolute atomic E-state index is 0.124. The molecule has 5 nitrogen and oxygen atoms in total. The molecule has 1 aromatic rings. The van der Waals surface area contributed by atoms with Crippen LogP contribution in [0.15, 0.2) is 24.3 Å². The highest BCUT2D eigenvalue weighted by Gasteiger charge is 2.34. The molecular weight excluding hydrogens is 270 g/mol. The molecule has 1 fully saturated rings. The predicted octanol–water partition coefficient (Wildman–Crippen LogP) is 2.09. The van der Waals surface area contributed by atoms with Crippen molar-refractivity contribution in [3.8, 4) is 5.75 Å². The Morgan fingerprint density at radius 2 is 2.00 bits per heavy atom. The fraction of sp³-hybridized carbons (Fsp3) is 0.500. The summed E-state index contributed by atoms with van der Waals surface area (Å²) in [5.41, 5.74) is 1.12. The number of carbonyl (C=O) groups is 2. The third kappa shape index (κ3) is 3.97. The molecule has 1 saturated heterocycles. The Morgan fingerprint density at radius 1 is 1.33 bits per heavy atom.